The first kappa shape index (κ1) is 7.42. The third-order valence-electron chi connectivity index (χ3n) is 2.13. The third-order valence-corrected chi connectivity index (χ3v) is 3.30. The van der Waals surface area contributed by atoms with Gasteiger partial charge in [-0.15, -0.1) is 0 Å². The maximum atomic E-state index is 3.34. The minimum atomic E-state index is 0.792. The number of rotatable bonds is 2. The molecule has 0 aromatic carbocycles. The standard InChI is InChI=1S/C7H15NS/c1-8-6-4-3-5-7(6)9-2/h6-8H,3-5H2,1-2H3/t6-,7-/m1/s1. The van der Waals surface area contributed by atoms with Gasteiger partial charge in [0.05, 0.1) is 0 Å². The van der Waals surface area contributed by atoms with Crippen LogP contribution in [0.25, 0.3) is 0 Å². The summed E-state index contributed by atoms with van der Waals surface area (Å²) in [7, 11) is 2.07. The van der Waals surface area contributed by atoms with Crippen molar-refractivity contribution in [3.05, 3.63) is 0 Å². The molecule has 0 aliphatic heterocycles. The van der Waals surface area contributed by atoms with Crippen molar-refractivity contribution in [3.8, 4) is 0 Å². The summed E-state index contributed by atoms with van der Waals surface area (Å²) in [5.41, 5.74) is 0. The topological polar surface area (TPSA) is 12.0 Å². The fourth-order valence-electron chi connectivity index (χ4n) is 1.54. The molecular weight excluding hydrogens is 130 g/mol. The Morgan fingerprint density at radius 1 is 1.44 bits per heavy atom. The first-order valence-electron chi connectivity index (χ1n) is 3.58. The van der Waals surface area contributed by atoms with E-state index in [1.807, 2.05) is 11.8 Å². The van der Waals surface area contributed by atoms with Gasteiger partial charge in [-0.05, 0) is 26.1 Å². The summed E-state index contributed by atoms with van der Waals surface area (Å²) in [6, 6.07) is 0.792. The Bertz CT molecular complexity index is 75.0. The van der Waals surface area contributed by atoms with Crippen LogP contribution in [0.4, 0.5) is 0 Å². The fraction of sp³-hybridized carbons (Fsp3) is 1.00. The van der Waals surface area contributed by atoms with E-state index in [1.165, 1.54) is 19.3 Å². The van der Waals surface area contributed by atoms with E-state index in [0.717, 1.165) is 11.3 Å². The molecule has 0 aromatic rings. The van der Waals surface area contributed by atoms with Gasteiger partial charge in [0.25, 0.3) is 0 Å². The lowest BCUT2D eigenvalue weighted by atomic mass is 10.2. The van der Waals surface area contributed by atoms with E-state index >= 15 is 0 Å². The Balaban J connectivity index is 2.32. The number of nitrogens with one attached hydrogen (secondary N) is 1. The summed E-state index contributed by atoms with van der Waals surface area (Å²) in [4.78, 5) is 0. The SMILES string of the molecule is CN[C@@H]1CCC[C@H]1SC. The van der Waals surface area contributed by atoms with Crippen LogP contribution in [0.2, 0.25) is 0 Å². The Morgan fingerprint density at radius 2 is 2.22 bits per heavy atom. The van der Waals surface area contributed by atoms with E-state index in [-0.39, 0.29) is 0 Å². The molecule has 0 aromatic heterocycles. The van der Waals surface area contributed by atoms with E-state index in [0.29, 0.717) is 0 Å². The average Bonchev–Trinajstić information content (AvgIpc) is 2.33. The van der Waals surface area contributed by atoms with Crippen molar-refractivity contribution < 1.29 is 0 Å². The fourth-order valence-corrected chi connectivity index (χ4v) is 2.54. The summed E-state index contributed by atoms with van der Waals surface area (Å²) in [6.07, 6.45) is 6.41. The highest BCUT2D eigenvalue weighted by Crippen LogP contribution is 2.27. The molecule has 1 aliphatic rings. The van der Waals surface area contributed by atoms with Gasteiger partial charge in [-0.1, -0.05) is 6.42 Å². The monoisotopic (exact) mass is 145 g/mol. The van der Waals surface area contributed by atoms with Crippen LogP contribution in [0.15, 0.2) is 0 Å². The van der Waals surface area contributed by atoms with Crippen molar-refractivity contribution in [1.29, 1.82) is 0 Å². The van der Waals surface area contributed by atoms with E-state index in [1.54, 1.807) is 0 Å². The largest absolute Gasteiger partial charge is 0.316 e. The first-order chi connectivity index (χ1) is 4.38. The summed E-state index contributed by atoms with van der Waals surface area (Å²) >= 11 is 2.00. The minimum absolute atomic E-state index is 0.792. The first-order valence-corrected chi connectivity index (χ1v) is 4.87. The van der Waals surface area contributed by atoms with Crippen molar-refractivity contribution >= 4 is 11.8 Å². The van der Waals surface area contributed by atoms with Gasteiger partial charge in [-0.2, -0.15) is 11.8 Å². The van der Waals surface area contributed by atoms with Gasteiger partial charge < -0.3 is 5.32 Å². The lowest BCUT2D eigenvalue weighted by molar-refractivity contribution is 0.592. The van der Waals surface area contributed by atoms with Crippen molar-refractivity contribution in [2.24, 2.45) is 0 Å². The highest BCUT2D eigenvalue weighted by molar-refractivity contribution is 7.99. The summed E-state index contributed by atoms with van der Waals surface area (Å²) in [5.74, 6) is 0. The molecule has 0 spiro atoms. The van der Waals surface area contributed by atoms with Crippen LogP contribution < -0.4 is 5.32 Å². The molecule has 0 bridgehead atoms. The maximum absolute atomic E-state index is 3.34. The van der Waals surface area contributed by atoms with Crippen LogP contribution in [0.3, 0.4) is 0 Å². The zero-order valence-corrected chi connectivity index (χ0v) is 7.00. The molecule has 0 amide bonds. The highest BCUT2D eigenvalue weighted by atomic mass is 32.2. The second-order valence-corrected chi connectivity index (χ2v) is 3.68. The number of hydrogen-bond donors (Lipinski definition) is 1. The lowest BCUT2D eigenvalue weighted by Gasteiger charge is -2.15. The van der Waals surface area contributed by atoms with Crippen molar-refractivity contribution in [3.63, 3.8) is 0 Å². The van der Waals surface area contributed by atoms with Crippen LogP contribution in [0.1, 0.15) is 19.3 Å². The van der Waals surface area contributed by atoms with E-state index in [2.05, 4.69) is 18.6 Å². The van der Waals surface area contributed by atoms with Gasteiger partial charge >= 0.3 is 0 Å². The molecule has 1 N–H and O–H groups in total. The van der Waals surface area contributed by atoms with Crippen LogP contribution in [0.5, 0.6) is 0 Å². The molecule has 0 saturated heterocycles. The van der Waals surface area contributed by atoms with Crippen LogP contribution in [0, 0.1) is 0 Å². The van der Waals surface area contributed by atoms with Crippen molar-refractivity contribution in [2.45, 2.75) is 30.6 Å². The molecule has 0 heterocycles. The molecule has 1 saturated carbocycles. The predicted molar refractivity (Wildman–Crippen MR) is 44.0 cm³/mol. The zero-order chi connectivity index (χ0) is 6.69. The van der Waals surface area contributed by atoms with Gasteiger partial charge in [0, 0.05) is 11.3 Å². The molecule has 1 rings (SSSR count). The minimum Gasteiger partial charge on any atom is -0.316 e. The Hall–Kier alpha value is 0.310. The van der Waals surface area contributed by atoms with Crippen molar-refractivity contribution in [2.75, 3.05) is 13.3 Å². The van der Waals surface area contributed by atoms with Gasteiger partial charge in [0.2, 0.25) is 0 Å². The molecule has 1 fully saturated rings. The second kappa shape index (κ2) is 3.47. The predicted octanol–water partition coefficient (Wildman–Crippen LogP) is 1.49. The maximum Gasteiger partial charge on any atom is 0.0198 e. The third kappa shape index (κ3) is 1.62. The summed E-state index contributed by atoms with van der Waals surface area (Å²) in [5, 5.41) is 4.23. The van der Waals surface area contributed by atoms with Gasteiger partial charge in [0.15, 0.2) is 0 Å². The normalized spacial score (nSPS) is 35.3. The number of thioether (sulfide) groups is 1. The van der Waals surface area contributed by atoms with E-state index < -0.39 is 0 Å². The van der Waals surface area contributed by atoms with Gasteiger partial charge in [0.1, 0.15) is 0 Å². The van der Waals surface area contributed by atoms with Crippen LogP contribution in [-0.4, -0.2) is 24.6 Å². The molecule has 0 radical (unpaired) electrons. The van der Waals surface area contributed by atoms with Gasteiger partial charge in [-0.3, -0.25) is 0 Å². The lowest BCUT2D eigenvalue weighted by Crippen LogP contribution is -2.30. The summed E-state index contributed by atoms with van der Waals surface area (Å²) in [6.45, 7) is 0. The molecule has 54 valence electrons. The smallest absolute Gasteiger partial charge is 0.0198 e. The zero-order valence-electron chi connectivity index (χ0n) is 6.18. The molecule has 2 heteroatoms. The van der Waals surface area contributed by atoms with Crippen molar-refractivity contribution in [1.82, 2.24) is 5.32 Å². The molecule has 0 unspecified atom stereocenters. The average molecular weight is 145 g/mol. The van der Waals surface area contributed by atoms with Gasteiger partial charge in [-0.25, -0.2) is 0 Å². The van der Waals surface area contributed by atoms with E-state index in [4.69, 9.17) is 0 Å². The van der Waals surface area contributed by atoms with E-state index in [9.17, 15) is 0 Å². The molecule has 1 nitrogen and oxygen atoms in total. The molecular formula is C7H15NS. The molecule has 1 aliphatic carbocycles. The highest BCUT2D eigenvalue weighted by Gasteiger charge is 2.24. The second-order valence-electron chi connectivity index (χ2n) is 2.60. The molecule has 9 heavy (non-hydrogen) atoms. The number of hydrogen-bond acceptors (Lipinski definition) is 2. The Labute approximate surface area is 61.6 Å². The Morgan fingerprint density at radius 3 is 2.67 bits per heavy atom. The summed E-state index contributed by atoms with van der Waals surface area (Å²) < 4.78 is 0. The van der Waals surface area contributed by atoms with Crippen LogP contribution >= 0.6 is 11.8 Å². The molecule has 2 atom stereocenters. The quantitative estimate of drug-likeness (QED) is 0.632. The van der Waals surface area contributed by atoms with Crippen LogP contribution in [-0.2, 0) is 0 Å². The Kier molecular flexibility index (Phi) is 2.86.